The molecule has 0 spiro atoms. The first-order chi connectivity index (χ1) is 18.8. The average Bonchev–Trinajstić information content (AvgIpc) is 3.38. The SMILES string of the molecule is COc1cccc2sc(N3CCN(CCNC(=O)c4cccc(NS(=O)(=O)c5ccc(Cl)cc5)c4)CC3)nc12. The fourth-order valence-corrected chi connectivity index (χ4v) is 6.57. The molecule has 1 fully saturated rings. The number of amides is 1. The van der Waals surface area contributed by atoms with Gasteiger partial charge in [0.15, 0.2) is 5.13 Å². The molecular weight excluding hydrogens is 558 g/mol. The number of hydrogen-bond acceptors (Lipinski definition) is 8. The van der Waals surface area contributed by atoms with E-state index in [2.05, 4.69) is 25.9 Å². The number of nitrogens with one attached hydrogen (secondary N) is 2. The molecule has 1 aliphatic heterocycles. The number of carbonyl (C=O) groups excluding carboxylic acids is 1. The Morgan fingerprint density at radius 1 is 1.05 bits per heavy atom. The summed E-state index contributed by atoms with van der Waals surface area (Å²) in [7, 11) is -2.14. The van der Waals surface area contributed by atoms with E-state index in [9.17, 15) is 13.2 Å². The summed E-state index contributed by atoms with van der Waals surface area (Å²) in [6.45, 7) is 4.64. The van der Waals surface area contributed by atoms with Gasteiger partial charge in [0.05, 0.1) is 16.7 Å². The molecule has 1 amide bonds. The lowest BCUT2D eigenvalue weighted by molar-refractivity contribution is 0.0948. The fraction of sp³-hybridized carbons (Fsp3) is 0.259. The Labute approximate surface area is 236 Å². The number of halogens is 1. The fourth-order valence-electron chi connectivity index (χ4n) is 4.36. The first kappa shape index (κ1) is 27.2. The van der Waals surface area contributed by atoms with Crippen LogP contribution >= 0.6 is 22.9 Å². The minimum Gasteiger partial charge on any atom is -0.494 e. The minimum absolute atomic E-state index is 0.0877. The van der Waals surface area contributed by atoms with Crippen LogP contribution in [0, 0.1) is 0 Å². The van der Waals surface area contributed by atoms with Gasteiger partial charge in [-0.3, -0.25) is 14.4 Å². The second-order valence-corrected chi connectivity index (χ2v) is 12.2. The predicted molar refractivity (Wildman–Crippen MR) is 156 cm³/mol. The summed E-state index contributed by atoms with van der Waals surface area (Å²) in [5.41, 5.74) is 1.58. The third-order valence-electron chi connectivity index (χ3n) is 6.45. The number of carbonyl (C=O) groups is 1. The van der Waals surface area contributed by atoms with Crippen molar-refractivity contribution in [3.05, 3.63) is 77.3 Å². The highest BCUT2D eigenvalue weighted by atomic mass is 35.5. The number of methoxy groups -OCH3 is 1. The third kappa shape index (κ3) is 6.44. The van der Waals surface area contributed by atoms with Crippen LogP contribution in [0.2, 0.25) is 5.02 Å². The van der Waals surface area contributed by atoms with E-state index < -0.39 is 10.0 Å². The highest BCUT2D eigenvalue weighted by molar-refractivity contribution is 7.92. The molecule has 0 radical (unpaired) electrons. The van der Waals surface area contributed by atoms with Gasteiger partial charge in [0.1, 0.15) is 11.3 Å². The van der Waals surface area contributed by atoms with Crippen molar-refractivity contribution in [2.75, 3.05) is 56.0 Å². The van der Waals surface area contributed by atoms with Gasteiger partial charge in [0.2, 0.25) is 0 Å². The number of benzene rings is 3. The topological polar surface area (TPSA) is 104 Å². The highest BCUT2D eigenvalue weighted by Gasteiger charge is 2.21. The molecule has 3 aromatic carbocycles. The van der Waals surface area contributed by atoms with Crippen LogP contribution in [-0.4, -0.2) is 70.6 Å². The van der Waals surface area contributed by atoms with Gasteiger partial charge in [-0.05, 0) is 54.6 Å². The van der Waals surface area contributed by atoms with E-state index in [1.54, 1.807) is 36.6 Å². The molecule has 5 rings (SSSR count). The number of sulfonamides is 1. The summed E-state index contributed by atoms with van der Waals surface area (Å²) >= 11 is 7.52. The lowest BCUT2D eigenvalue weighted by atomic mass is 10.2. The molecule has 0 atom stereocenters. The van der Waals surface area contributed by atoms with E-state index in [0.717, 1.165) is 53.8 Å². The number of thiazole rings is 1. The lowest BCUT2D eigenvalue weighted by Crippen LogP contribution is -2.48. The zero-order valence-corrected chi connectivity index (χ0v) is 23.7. The van der Waals surface area contributed by atoms with Crippen LogP contribution in [0.3, 0.4) is 0 Å². The lowest BCUT2D eigenvalue weighted by Gasteiger charge is -2.34. The Morgan fingerprint density at radius 2 is 1.79 bits per heavy atom. The van der Waals surface area contributed by atoms with Crippen molar-refractivity contribution in [3.63, 3.8) is 0 Å². The minimum atomic E-state index is -3.80. The monoisotopic (exact) mass is 585 g/mol. The van der Waals surface area contributed by atoms with Crippen molar-refractivity contribution in [1.29, 1.82) is 0 Å². The zero-order valence-electron chi connectivity index (χ0n) is 21.3. The quantitative estimate of drug-likeness (QED) is 0.302. The highest BCUT2D eigenvalue weighted by Crippen LogP contribution is 2.34. The Bertz CT molecular complexity index is 1570. The van der Waals surface area contributed by atoms with Crippen molar-refractivity contribution in [1.82, 2.24) is 15.2 Å². The van der Waals surface area contributed by atoms with Crippen LogP contribution in [0.1, 0.15) is 10.4 Å². The first-order valence-electron chi connectivity index (χ1n) is 12.4. The second-order valence-electron chi connectivity index (χ2n) is 9.03. The number of hydrogen-bond donors (Lipinski definition) is 2. The molecule has 2 N–H and O–H groups in total. The number of piperazine rings is 1. The van der Waals surface area contributed by atoms with Crippen molar-refractivity contribution in [3.8, 4) is 5.75 Å². The van der Waals surface area contributed by atoms with E-state index >= 15 is 0 Å². The van der Waals surface area contributed by atoms with E-state index in [0.29, 0.717) is 22.8 Å². The molecule has 204 valence electrons. The molecule has 1 aliphatic rings. The van der Waals surface area contributed by atoms with Crippen LogP contribution in [0.5, 0.6) is 5.75 Å². The maximum atomic E-state index is 12.7. The summed E-state index contributed by atoms with van der Waals surface area (Å²) in [4.78, 5) is 22.2. The van der Waals surface area contributed by atoms with Crippen LogP contribution in [-0.2, 0) is 10.0 Å². The van der Waals surface area contributed by atoms with Crippen LogP contribution < -0.4 is 19.7 Å². The van der Waals surface area contributed by atoms with Gasteiger partial charge in [-0.25, -0.2) is 13.4 Å². The van der Waals surface area contributed by atoms with E-state index in [-0.39, 0.29) is 10.8 Å². The first-order valence-corrected chi connectivity index (χ1v) is 15.1. The second kappa shape index (κ2) is 11.8. The molecule has 4 aromatic rings. The molecule has 0 bridgehead atoms. The van der Waals surface area contributed by atoms with Gasteiger partial charge in [-0.2, -0.15) is 0 Å². The smallest absolute Gasteiger partial charge is 0.261 e. The van der Waals surface area contributed by atoms with Crippen molar-refractivity contribution in [2.24, 2.45) is 0 Å². The molecule has 12 heteroatoms. The molecule has 2 heterocycles. The Hall–Kier alpha value is -3.38. The van der Waals surface area contributed by atoms with Crippen LogP contribution in [0.4, 0.5) is 10.8 Å². The number of fused-ring (bicyclic) bond motifs is 1. The largest absolute Gasteiger partial charge is 0.494 e. The number of ether oxygens (including phenoxy) is 1. The molecule has 1 saturated heterocycles. The van der Waals surface area contributed by atoms with Crippen molar-refractivity contribution >= 4 is 59.9 Å². The van der Waals surface area contributed by atoms with Gasteiger partial charge < -0.3 is 15.0 Å². The Balaban J connectivity index is 1.11. The molecule has 0 unspecified atom stereocenters. The summed E-state index contributed by atoms with van der Waals surface area (Å²) in [5.74, 6) is 0.526. The standard InChI is InChI=1S/C27H28ClN5O4S2/c1-37-23-6-3-7-24-25(23)30-27(38-24)33-16-14-32(15-17-33)13-12-29-26(34)19-4-2-5-21(18-19)31-39(35,36)22-10-8-20(28)9-11-22/h2-11,18,31H,12-17H2,1H3,(H,29,34). The van der Waals surface area contributed by atoms with Gasteiger partial charge in [-0.1, -0.05) is 35.1 Å². The van der Waals surface area contributed by atoms with Gasteiger partial charge in [0, 0.05) is 55.5 Å². The number of anilines is 2. The van der Waals surface area contributed by atoms with Gasteiger partial charge >= 0.3 is 0 Å². The third-order valence-corrected chi connectivity index (χ3v) is 9.18. The molecule has 9 nitrogen and oxygen atoms in total. The van der Waals surface area contributed by atoms with Gasteiger partial charge in [-0.15, -0.1) is 0 Å². The normalized spacial score (nSPS) is 14.4. The zero-order chi connectivity index (χ0) is 27.4. The summed E-state index contributed by atoms with van der Waals surface area (Å²) in [5, 5.41) is 4.38. The van der Waals surface area contributed by atoms with Crippen LogP contribution in [0.15, 0.2) is 71.6 Å². The molecule has 0 aliphatic carbocycles. The number of nitrogens with zero attached hydrogens (tertiary/aromatic N) is 3. The van der Waals surface area contributed by atoms with Crippen molar-refractivity contribution < 1.29 is 17.9 Å². The maximum Gasteiger partial charge on any atom is 0.261 e. The van der Waals surface area contributed by atoms with Crippen molar-refractivity contribution in [2.45, 2.75) is 4.90 Å². The Morgan fingerprint density at radius 3 is 2.54 bits per heavy atom. The number of para-hydroxylation sites is 1. The molecular formula is C27H28ClN5O4S2. The summed E-state index contributed by atoms with van der Waals surface area (Å²) < 4.78 is 34.4. The van der Waals surface area contributed by atoms with E-state index in [4.69, 9.17) is 21.3 Å². The maximum absolute atomic E-state index is 12.7. The molecule has 1 aromatic heterocycles. The number of rotatable bonds is 9. The predicted octanol–water partition coefficient (Wildman–Crippen LogP) is 4.31. The van der Waals surface area contributed by atoms with E-state index in [1.807, 2.05) is 12.1 Å². The summed E-state index contributed by atoms with van der Waals surface area (Å²) in [6, 6.07) is 18.3. The molecule has 0 saturated carbocycles. The Kier molecular flexibility index (Phi) is 8.22. The molecule has 39 heavy (non-hydrogen) atoms. The summed E-state index contributed by atoms with van der Waals surface area (Å²) in [6.07, 6.45) is 0. The van der Waals surface area contributed by atoms with E-state index in [1.165, 1.54) is 30.3 Å². The average molecular weight is 586 g/mol. The van der Waals surface area contributed by atoms with Gasteiger partial charge in [0.25, 0.3) is 15.9 Å². The number of aromatic nitrogens is 1. The van der Waals surface area contributed by atoms with Crippen LogP contribution in [0.25, 0.3) is 10.2 Å².